The number of alkyl carbamates (subject to hydrolysis) is 1. The van der Waals surface area contributed by atoms with Crippen molar-refractivity contribution >= 4 is 18.5 Å². The van der Waals surface area contributed by atoms with Crippen molar-refractivity contribution in [2.75, 3.05) is 6.61 Å². The Morgan fingerprint density at radius 1 is 1.37 bits per heavy atom. The van der Waals surface area contributed by atoms with Gasteiger partial charge in [0.05, 0.1) is 6.04 Å². The maximum atomic E-state index is 11.4. The first-order chi connectivity index (χ1) is 8.40. The number of hydrogen-bond donors (Lipinski definition) is 1. The fourth-order valence-electron chi connectivity index (χ4n) is 2.32. The number of cyclic esters (lactones) is 1. The van der Waals surface area contributed by atoms with E-state index in [0.717, 1.165) is 5.56 Å². The number of ether oxygens (including phenoxy) is 1. The molecular weight excluding hydrogens is 262 g/mol. The Balaban J connectivity index is 0.00000180. The summed E-state index contributed by atoms with van der Waals surface area (Å²) in [4.78, 5) is 11.4. The number of halogens is 1. The molecule has 1 N–H and O–H groups in total. The molecule has 106 valence electrons. The van der Waals surface area contributed by atoms with Crippen LogP contribution in [0.3, 0.4) is 0 Å². The number of benzene rings is 1. The Bertz CT molecular complexity index is 457. The smallest absolute Gasteiger partial charge is 0.407 e. The van der Waals surface area contributed by atoms with Gasteiger partial charge in [0.25, 0.3) is 0 Å². The molecule has 2 rings (SSSR count). The molecule has 1 aromatic carbocycles. The van der Waals surface area contributed by atoms with E-state index in [0.29, 0.717) is 12.5 Å². The van der Waals surface area contributed by atoms with Crippen LogP contribution in [-0.4, -0.2) is 12.7 Å². The summed E-state index contributed by atoms with van der Waals surface area (Å²) in [6, 6.07) is 8.45. The van der Waals surface area contributed by atoms with Gasteiger partial charge in [-0.2, -0.15) is 0 Å². The summed E-state index contributed by atoms with van der Waals surface area (Å²) in [5, 5.41) is 2.93. The topological polar surface area (TPSA) is 38.3 Å². The van der Waals surface area contributed by atoms with Crippen molar-refractivity contribution in [2.45, 2.75) is 39.7 Å². The van der Waals surface area contributed by atoms with Crippen LogP contribution in [0.15, 0.2) is 24.3 Å². The van der Waals surface area contributed by atoms with Crippen LogP contribution in [-0.2, 0) is 4.74 Å². The van der Waals surface area contributed by atoms with Crippen molar-refractivity contribution in [2.24, 2.45) is 5.41 Å². The molecule has 0 radical (unpaired) electrons. The van der Waals surface area contributed by atoms with Crippen LogP contribution in [0, 0.1) is 5.41 Å². The van der Waals surface area contributed by atoms with Crippen LogP contribution < -0.4 is 5.32 Å². The highest BCUT2D eigenvalue weighted by Gasteiger charge is 2.37. The molecule has 0 spiro atoms. The summed E-state index contributed by atoms with van der Waals surface area (Å²) in [7, 11) is 0. The van der Waals surface area contributed by atoms with Crippen LogP contribution in [0.1, 0.15) is 50.8 Å². The predicted molar refractivity (Wildman–Crippen MR) is 78.8 cm³/mol. The van der Waals surface area contributed by atoms with Gasteiger partial charge in [-0.3, -0.25) is 0 Å². The van der Waals surface area contributed by atoms with Crippen LogP contribution in [0.5, 0.6) is 0 Å². The Kier molecular flexibility index (Phi) is 4.86. The van der Waals surface area contributed by atoms with Crippen molar-refractivity contribution in [1.82, 2.24) is 5.32 Å². The van der Waals surface area contributed by atoms with Crippen LogP contribution in [0.2, 0.25) is 0 Å². The van der Waals surface area contributed by atoms with Gasteiger partial charge in [0.1, 0.15) is 6.61 Å². The van der Waals surface area contributed by atoms with Crippen LogP contribution in [0.25, 0.3) is 0 Å². The molecule has 1 atom stereocenters. The molecule has 0 unspecified atom stereocenters. The average Bonchev–Trinajstić information content (AvgIpc) is 2.32. The molecule has 1 aromatic rings. The van der Waals surface area contributed by atoms with Gasteiger partial charge in [-0.05, 0) is 17.0 Å². The second-order valence-electron chi connectivity index (χ2n) is 5.97. The van der Waals surface area contributed by atoms with Gasteiger partial charge in [-0.25, -0.2) is 4.79 Å². The highest BCUT2D eigenvalue weighted by molar-refractivity contribution is 5.85. The van der Waals surface area contributed by atoms with Crippen LogP contribution in [0.4, 0.5) is 4.79 Å². The van der Waals surface area contributed by atoms with E-state index in [9.17, 15) is 4.79 Å². The number of carbonyl (C=O) groups is 1. The van der Waals surface area contributed by atoms with Gasteiger partial charge >= 0.3 is 6.09 Å². The zero-order valence-electron chi connectivity index (χ0n) is 11.9. The van der Waals surface area contributed by atoms with Gasteiger partial charge in [0.15, 0.2) is 0 Å². The van der Waals surface area contributed by atoms with E-state index in [4.69, 9.17) is 4.74 Å². The van der Waals surface area contributed by atoms with Gasteiger partial charge in [0.2, 0.25) is 0 Å². The van der Waals surface area contributed by atoms with E-state index < -0.39 is 0 Å². The lowest BCUT2D eigenvalue weighted by Crippen LogP contribution is -2.46. The maximum Gasteiger partial charge on any atom is 0.407 e. The van der Waals surface area contributed by atoms with E-state index in [1.54, 1.807) is 0 Å². The van der Waals surface area contributed by atoms with Crippen molar-refractivity contribution in [3.63, 3.8) is 0 Å². The number of amides is 1. The van der Waals surface area contributed by atoms with Crippen LogP contribution >= 0.6 is 12.4 Å². The molecule has 4 heteroatoms. The molecule has 0 saturated carbocycles. The van der Waals surface area contributed by atoms with Crippen molar-refractivity contribution in [3.05, 3.63) is 35.4 Å². The predicted octanol–water partition coefficient (Wildman–Crippen LogP) is 4.04. The first-order valence-electron chi connectivity index (χ1n) is 6.43. The minimum absolute atomic E-state index is 0. The summed E-state index contributed by atoms with van der Waals surface area (Å²) in [5.74, 6) is 0.489. The largest absolute Gasteiger partial charge is 0.449 e. The summed E-state index contributed by atoms with van der Waals surface area (Å²) < 4.78 is 5.07. The Hall–Kier alpha value is -1.22. The van der Waals surface area contributed by atoms with Gasteiger partial charge < -0.3 is 10.1 Å². The second-order valence-corrected chi connectivity index (χ2v) is 5.97. The first-order valence-corrected chi connectivity index (χ1v) is 6.43. The molecule has 19 heavy (non-hydrogen) atoms. The van der Waals surface area contributed by atoms with Crippen molar-refractivity contribution in [1.29, 1.82) is 0 Å². The third-order valence-electron chi connectivity index (χ3n) is 3.53. The van der Waals surface area contributed by atoms with Gasteiger partial charge in [0, 0.05) is 5.41 Å². The molecule has 1 amide bonds. The fourth-order valence-corrected chi connectivity index (χ4v) is 2.32. The minimum atomic E-state index is -0.325. The highest BCUT2D eigenvalue weighted by atomic mass is 35.5. The molecular formula is C15H22ClNO2. The molecule has 0 aliphatic carbocycles. The SMILES string of the molecule is CC(C)c1cccc([C@H]2NC(=O)OCC2(C)C)c1.Cl. The van der Waals surface area contributed by atoms with E-state index in [1.165, 1.54) is 5.56 Å². The standard InChI is InChI=1S/C15H21NO2.ClH/c1-10(2)11-6-5-7-12(8-11)13-15(3,4)9-18-14(17)16-13;/h5-8,10,13H,9H2,1-4H3,(H,16,17);1H/t13-;/m1./s1. The quantitative estimate of drug-likeness (QED) is 0.889. The van der Waals surface area contributed by atoms with E-state index in [1.807, 2.05) is 0 Å². The Morgan fingerprint density at radius 2 is 2.05 bits per heavy atom. The zero-order valence-corrected chi connectivity index (χ0v) is 12.7. The van der Waals surface area contributed by atoms with Gasteiger partial charge in [-0.15, -0.1) is 12.4 Å². The fraction of sp³-hybridized carbons (Fsp3) is 0.533. The average molecular weight is 284 g/mol. The number of carbonyl (C=O) groups excluding carboxylic acids is 1. The lowest BCUT2D eigenvalue weighted by Gasteiger charge is -2.38. The minimum Gasteiger partial charge on any atom is -0.449 e. The highest BCUT2D eigenvalue weighted by Crippen LogP contribution is 2.37. The third-order valence-corrected chi connectivity index (χ3v) is 3.53. The molecule has 0 aromatic heterocycles. The third kappa shape index (κ3) is 3.41. The van der Waals surface area contributed by atoms with Crippen molar-refractivity contribution < 1.29 is 9.53 Å². The first kappa shape index (κ1) is 15.8. The molecule has 1 fully saturated rings. The van der Waals surface area contributed by atoms with E-state index in [2.05, 4.69) is 57.3 Å². The van der Waals surface area contributed by atoms with E-state index in [-0.39, 0.29) is 30.0 Å². The number of rotatable bonds is 2. The molecule has 1 aliphatic heterocycles. The van der Waals surface area contributed by atoms with E-state index >= 15 is 0 Å². The number of hydrogen-bond acceptors (Lipinski definition) is 2. The molecule has 0 bridgehead atoms. The molecule has 1 heterocycles. The van der Waals surface area contributed by atoms with Gasteiger partial charge in [-0.1, -0.05) is 52.0 Å². The molecule has 1 saturated heterocycles. The molecule has 3 nitrogen and oxygen atoms in total. The normalized spacial score (nSPS) is 21.3. The lowest BCUT2D eigenvalue weighted by molar-refractivity contribution is 0.0387. The maximum absolute atomic E-state index is 11.4. The monoisotopic (exact) mass is 283 g/mol. The van der Waals surface area contributed by atoms with Crippen molar-refractivity contribution in [3.8, 4) is 0 Å². The summed E-state index contributed by atoms with van der Waals surface area (Å²) in [6.07, 6.45) is -0.325. The number of nitrogens with one attached hydrogen (secondary N) is 1. The summed E-state index contributed by atoms with van der Waals surface area (Å²) >= 11 is 0. The Morgan fingerprint density at radius 3 is 2.68 bits per heavy atom. The summed E-state index contributed by atoms with van der Waals surface area (Å²) in [5.41, 5.74) is 2.36. The molecule has 1 aliphatic rings. The second kappa shape index (κ2) is 5.83. The summed E-state index contributed by atoms with van der Waals surface area (Å²) in [6.45, 7) is 9.02. The lowest BCUT2D eigenvalue weighted by atomic mass is 9.79. The Labute approximate surface area is 121 Å². The zero-order chi connectivity index (χ0) is 13.3.